The van der Waals surface area contributed by atoms with E-state index in [1.807, 2.05) is 13.0 Å². The molecule has 0 heterocycles. The summed E-state index contributed by atoms with van der Waals surface area (Å²) in [5, 5.41) is 12.6. The van der Waals surface area contributed by atoms with E-state index in [1.54, 1.807) is 45.0 Å². The van der Waals surface area contributed by atoms with E-state index in [0.29, 0.717) is 18.0 Å². The lowest BCUT2D eigenvalue weighted by Gasteiger charge is -2.23. The molecule has 29 heavy (non-hydrogen) atoms. The molecule has 8 heteroatoms. The number of nitrogens with one attached hydrogen (secondary N) is 2. The normalized spacial score (nSPS) is 11.9. The third kappa shape index (κ3) is 6.47. The van der Waals surface area contributed by atoms with Crippen LogP contribution >= 0.6 is 0 Å². The summed E-state index contributed by atoms with van der Waals surface area (Å²) in [6, 6.07) is 11.3. The van der Waals surface area contributed by atoms with E-state index in [4.69, 9.17) is 4.74 Å². The number of carboxylic acids is 1. The Labute approximate surface area is 172 Å². The average molecular weight is 421 g/mol. The largest absolute Gasteiger partial charge is 0.478 e. The highest BCUT2D eigenvalue weighted by Crippen LogP contribution is 2.38. The third-order valence-corrected chi connectivity index (χ3v) is 5.60. The van der Waals surface area contributed by atoms with Gasteiger partial charge >= 0.3 is 5.97 Å². The van der Waals surface area contributed by atoms with Crippen molar-refractivity contribution >= 4 is 21.7 Å². The molecule has 0 aliphatic heterocycles. The van der Waals surface area contributed by atoms with Crippen molar-refractivity contribution in [3.8, 4) is 11.5 Å². The van der Waals surface area contributed by atoms with Crippen molar-refractivity contribution < 1.29 is 23.1 Å². The van der Waals surface area contributed by atoms with Gasteiger partial charge in [0.05, 0.1) is 11.3 Å². The molecule has 0 unspecified atom stereocenters. The molecular formula is C21H28N2O5S. The van der Waals surface area contributed by atoms with E-state index in [0.717, 1.165) is 18.9 Å². The minimum Gasteiger partial charge on any atom is -0.478 e. The minimum atomic E-state index is -4.06. The second-order valence-electron chi connectivity index (χ2n) is 7.71. The first-order valence-corrected chi connectivity index (χ1v) is 10.9. The fourth-order valence-corrected chi connectivity index (χ4v) is 4.22. The van der Waals surface area contributed by atoms with Crippen molar-refractivity contribution in [2.24, 2.45) is 0 Å². The van der Waals surface area contributed by atoms with Crippen LogP contribution < -0.4 is 14.8 Å². The van der Waals surface area contributed by atoms with Crippen molar-refractivity contribution in [1.82, 2.24) is 4.72 Å². The van der Waals surface area contributed by atoms with Gasteiger partial charge in [-0.1, -0.05) is 31.5 Å². The van der Waals surface area contributed by atoms with Crippen LogP contribution in [0, 0.1) is 0 Å². The van der Waals surface area contributed by atoms with Gasteiger partial charge in [0.15, 0.2) is 5.75 Å². The van der Waals surface area contributed by atoms with Crippen LogP contribution in [0.2, 0.25) is 0 Å². The summed E-state index contributed by atoms with van der Waals surface area (Å²) in [6.45, 7) is 7.72. The van der Waals surface area contributed by atoms with Crippen LogP contribution in [0.3, 0.4) is 0 Å². The molecule has 0 aliphatic carbocycles. The topological polar surface area (TPSA) is 105 Å². The number of benzene rings is 2. The van der Waals surface area contributed by atoms with Gasteiger partial charge in [0.1, 0.15) is 10.6 Å². The lowest BCUT2D eigenvalue weighted by Crippen LogP contribution is -2.40. The molecule has 0 aliphatic rings. The molecule has 0 aromatic heterocycles. The molecule has 0 amide bonds. The smallest absolute Gasteiger partial charge is 0.335 e. The van der Waals surface area contributed by atoms with Crippen molar-refractivity contribution in [1.29, 1.82) is 0 Å². The highest BCUT2D eigenvalue weighted by atomic mass is 32.2. The predicted octanol–water partition coefficient (Wildman–Crippen LogP) is 4.47. The molecule has 7 nitrogen and oxygen atoms in total. The van der Waals surface area contributed by atoms with Gasteiger partial charge in [-0.15, -0.1) is 0 Å². The maximum absolute atomic E-state index is 13.1. The Morgan fingerprint density at radius 2 is 1.79 bits per heavy atom. The Balaban J connectivity index is 2.67. The summed E-state index contributed by atoms with van der Waals surface area (Å²) in [5.41, 5.74) is -0.576. The minimum absolute atomic E-state index is 0.0639. The summed E-state index contributed by atoms with van der Waals surface area (Å²) in [5.74, 6) is -0.711. The average Bonchev–Trinajstić information content (AvgIpc) is 2.61. The van der Waals surface area contributed by atoms with Crippen molar-refractivity contribution in [3.63, 3.8) is 0 Å². The van der Waals surface area contributed by atoms with Gasteiger partial charge in [-0.2, -0.15) is 0 Å². The Kier molecular flexibility index (Phi) is 7.26. The van der Waals surface area contributed by atoms with E-state index >= 15 is 0 Å². The molecular weight excluding hydrogens is 392 g/mol. The summed E-state index contributed by atoms with van der Waals surface area (Å²) < 4.78 is 34.7. The quantitative estimate of drug-likeness (QED) is 0.517. The van der Waals surface area contributed by atoms with Crippen LogP contribution in [0.1, 0.15) is 50.9 Å². The summed E-state index contributed by atoms with van der Waals surface area (Å²) in [6.07, 6.45) is 1.77. The van der Waals surface area contributed by atoms with Gasteiger partial charge in [-0.3, -0.25) is 0 Å². The molecule has 2 aromatic carbocycles. The molecule has 0 radical (unpaired) electrons. The maximum Gasteiger partial charge on any atom is 0.335 e. The van der Waals surface area contributed by atoms with E-state index in [9.17, 15) is 18.3 Å². The number of sulfonamides is 1. The first kappa shape index (κ1) is 22.7. The number of anilines is 1. The Morgan fingerprint density at radius 1 is 1.14 bits per heavy atom. The third-order valence-electron chi connectivity index (χ3n) is 3.84. The van der Waals surface area contributed by atoms with Crippen LogP contribution in [-0.2, 0) is 10.0 Å². The SMILES string of the molecule is CCCCNc1cc(C(=O)O)cc(S(=O)(=O)NC(C)(C)C)c1Oc1ccccc1. The van der Waals surface area contributed by atoms with E-state index in [-0.39, 0.29) is 16.2 Å². The molecule has 0 bridgehead atoms. The monoisotopic (exact) mass is 420 g/mol. The molecule has 2 aromatic rings. The molecule has 0 atom stereocenters. The summed E-state index contributed by atoms with van der Waals surface area (Å²) >= 11 is 0. The number of carboxylic acid groups (broad SMARTS) is 1. The zero-order valence-electron chi connectivity index (χ0n) is 17.2. The van der Waals surface area contributed by atoms with Gasteiger partial charge in [0, 0.05) is 12.1 Å². The van der Waals surface area contributed by atoms with Crippen LogP contribution in [0.15, 0.2) is 47.4 Å². The molecule has 0 fully saturated rings. The Bertz CT molecular complexity index is 951. The fourth-order valence-electron chi connectivity index (χ4n) is 2.63. The van der Waals surface area contributed by atoms with Crippen molar-refractivity contribution in [3.05, 3.63) is 48.0 Å². The maximum atomic E-state index is 13.1. The molecule has 2 rings (SSSR count). The van der Waals surface area contributed by atoms with Crippen LogP contribution in [0.4, 0.5) is 5.69 Å². The number of ether oxygens (including phenoxy) is 1. The van der Waals surface area contributed by atoms with Gasteiger partial charge in [0.2, 0.25) is 10.0 Å². The lowest BCUT2D eigenvalue weighted by molar-refractivity contribution is 0.0696. The lowest BCUT2D eigenvalue weighted by atomic mass is 10.1. The fraction of sp³-hybridized carbons (Fsp3) is 0.381. The molecule has 0 saturated carbocycles. The molecule has 158 valence electrons. The van der Waals surface area contributed by atoms with Gasteiger partial charge < -0.3 is 15.2 Å². The standard InChI is InChI=1S/C21H28N2O5S/c1-5-6-12-22-17-13-15(20(24)25)14-18(29(26,27)23-21(2,3)4)19(17)28-16-10-8-7-9-11-16/h7-11,13-14,22-23H,5-6,12H2,1-4H3,(H,24,25). The molecule has 3 N–H and O–H groups in total. The van der Waals surface area contributed by atoms with E-state index in [2.05, 4.69) is 10.0 Å². The number of carbonyl (C=O) groups is 1. The van der Waals surface area contributed by atoms with Crippen LogP contribution in [0.5, 0.6) is 11.5 Å². The van der Waals surface area contributed by atoms with Crippen LogP contribution in [-0.4, -0.2) is 31.6 Å². The van der Waals surface area contributed by atoms with E-state index < -0.39 is 21.5 Å². The zero-order chi connectivity index (χ0) is 21.7. The first-order valence-electron chi connectivity index (χ1n) is 9.45. The van der Waals surface area contributed by atoms with Gasteiger partial charge in [-0.05, 0) is 51.5 Å². The van der Waals surface area contributed by atoms with Gasteiger partial charge in [0.25, 0.3) is 0 Å². The summed E-state index contributed by atoms with van der Waals surface area (Å²) in [4.78, 5) is 11.4. The zero-order valence-corrected chi connectivity index (χ0v) is 18.0. The van der Waals surface area contributed by atoms with E-state index in [1.165, 1.54) is 6.07 Å². The second kappa shape index (κ2) is 9.28. The van der Waals surface area contributed by atoms with Gasteiger partial charge in [-0.25, -0.2) is 17.9 Å². The van der Waals surface area contributed by atoms with Crippen molar-refractivity contribution in [2.75, 3.05) is 11.9 Å². The number of unbranched alkanes of at least 4 members (excludes halogenated alkanes) is 1. The summed E-state index contributed by atoms with van der Waals surface area (Å²) in [7, 11) is -4.06. The highest BCUT2D eigenvalue weighted by molar-refractivity contribution is 7.89. The van der Waals surface area contributed by atoms with Crippen LogP contribution in [0.25, 0.3) is 0 Å². The first-order chi connectivity index (χ1) is 13.5. The highest BCUT2D eigenvalue weighted by Gasteiger charge is 2.29. The number of hydrogen-bond donors (Lipinski definition) is 3. The predicted molar refractivity (Wildman–Crippen MR) is 113 cm³/mol. The Morgan fingerprint density at radius 3 is 2.34 bits per heavy atom. The number of rotatable bonds is 9. The van der Waals surface area contributed by atoms with Crippen molar-refractivity contribution in [2.45, 2.75) is 51.0 Å². The number of hydrogen-bond acceptors (Lipinski definition) is 5. The number of para-hydroxylation sites is 1. The molecule has 0 spiro atoms. The number of aromatic carboxylic acids is 1. The second-order valence-corrected chi connectivity index (χ2v) is 9.36. The Hall–Kier alpha value is -2.58. The molecule has 0 saturated heterocycles.